The number of nitrogens with one attached hydrogen (secondary N) is 2. The number of sulfonamides is 1. The summed E-state index contributed by atoms with van der Waals surface area (Å²) in [7, 11) is -3.47. The van der Waals surface area contributed by atoms with Gasteiger partial charge < -0.3 is 10.1 Å². The topological polar surface area (TPSA) is 84.5 Å². The van der Waals surface area contributed by atoms with Crippen molar-refractivity contribution in [2.75, 3.05) is 13.2 Å². The number of amides is 1. The van der Waals surface area contributed by atoms with Crippen LogP contribution in [0, 0.1) is 0 Å². The van der Waals surface area contributed by atoms with Crippen LogP contribution >= 0.6 is 0 Å². The first-order valence-electron chi connectivity index (χ1n) is 8.36. The highest BCUT2D eigenvalue weighted by molar-refractivity contribution is 7.89. The molecule has 1 aliphatic rings. The van der Waals surface area contributed by atoms with Gasteiger partial charge in [-0.25, -0.2) is 13.1 Å². The summed E-state index contributed by atoms with van der Waals surface area (Å²) in [5.74, 6) is -0.0105. The number of ether oxygens (including phenoxy) is 1. The van der Waals surface area contributed by atoms with Crippen molar-refractivity contribution in [2.24, 2.45) is 0 Å². The van der Waals surface area contributed by atoms with E-state index in [0.717, 1.165) is 25.0 Å². The van der Waals surface area contributed by atoms with E-state index in [4.69, 9.17) is 4.74 Å². The predicted molar refractivity (Wildman–Crippen MR) is 92.2 cm³/mol. The molecule has 0 unspecified atom stereocenters. The van der Waals surface area contributed by atoms with Gasteiger partial charge in [0.2, 0.25) is 15.9 Å². The molecule has 1 atom stereocenters. The van der Waals surface area contributed by atoms with Crippen molar-refractivity contribution in [1.82, 2.24) is 10.0 Å². The second-order valence-corrected chi connectivity index (χ2v) is 8.07. The Morgan fingerprint density at radius 2 is 2.00 bits per heavy atom. The number of benzene rings is 1. The fourth-order valence-electron chi connectivity index (χ4n) is 2.59. The molecule has 0 saturated carbocycles. The minimum atomic E-state index is -3.47. The molecule has 0 spiro atoms. The summed E-state index contributed by atoms with van der Waals surface area (Å²) in [6, 6.07) is 6.50. The average molecular weight is 354 g/mol. The van der Waals surface area contributed by atoms with E-state index >= 15 is 0 Å². The molecule has 1 aliphatic heterocycles. The summed E-state index contributed by atoms with van der Waals surface area (Å²) in [6.45, 7) is 4.90. The third-order valence-corrected chi connectivity index (χ3v) is 5.49. The standard InChI is InChI=1S/C17H26N2O4S/c1-13(2)19-24(21,22)16-8-5-14(6-9-16)7-10-17(20)18-12-15-4-3-11-23-15/h5-6,8-9,13,15,19H,3-4,7,10-12H2,1-2H3,(H,18,20)/t15-/m0/s1. The lowest BCUT2D eigenvalue weighted by atomic mass is 10.1. The number of hydrogen-bond acceptors (Lipinski definition) is 4. The van der Waals surface area contributed by atoms with Crippen LogP contribution in [0.3, 0.4) is 0 Å². The van der Waals surface area contributed by atoms with Crippen molar-refractivity contribution in [3.8, 4) is 0 Å². The number of aryl methyl sites for hydroxylation is 1. The van der Waals surface area contributed by atoms with Crippen molar-refractivity contribution < 1.29 is 17.9 Å². The zero-order valence-electron chi connectivity index (χ0n) is 14.2. The van der Waals surface area contributed by atoms with Crippen LogP contribution in [0.2, 0.25) is 0 Å². The van der Waals surface area contributed by atoms with Gasteiger partial charge in [-0.2, -0.15) is 0 Å². The Balaban J connectivity index is 1.80. The molecular weight excluding hydrogens is 328 g/mol. The molecule has 0 aromatic heterocycles. The Hall–Kier alpha value is -1.44. The number of rotatable bonds is 8. The molecule has 0 bridgehead atoms. The molecule has 2 rings (SSSR count). The van der Waals surface area contributed by atoms with Crippen molar-refractivity contribution >= 4 is 15.9 Å². The van der Waals surface area contributed by atoms with Crippen molar-refractivity contribution in [3.63, 3.8) is 0 Å². The zero-order valence-corrected chi connectivity index (χ0v) is 15.1. The van der Waals surface area contributed by atoms with E-state index in [-0.39, 0.29) is 22.9 Å². The highest BCUT2D eigenvalue weighted by Crippen LogP contribution is 2.13. The largest absolute Gasteiger partial charge is 0.376 e. The SMILES string of the molecule is CC(C)NS(=O)(=O)c1ccc(CCC(=O)NC[C@@H]2CCCO2)cc1. The monoisotopic (exact) mass is 354 g/mol. The Kier molecular flexibility index (Phi) is 6.77. The maximum atomic E-state index is 12.0. The second kappa shape index (κ2) is 8.60. The molecular formula is C17H26N2O4S. The van der Waals surface area contributed by atoms with Crippen LogP contribution in [0.4, 0.5) is 0 Å². The summed E-state index contributed by atoms with van der Waals surface area (Å²) in [4.78, 5) is 12.1. The van der Waals surface area contributed by atoms with Crippen molar-refractivity contribution in [3.05, 3.63) is 29.8 Å². The number of carbonyl (C=O) groups is 1. The van der Waals surface area contributed by atoms with Crippen molar-refractivity contribution in [2.45, 2.75) is 56.6 Å². The van der Waals surface area contributed by atoms with Crippen LogP contribution < -0.4 is 10.0 Å². The lowest BCUT2D eigenvalue weighted by Crippen LogP contribution is -2.31. The van der Waals surface area contributed by atoms with Crippen LogP contribution in [0.25, 0.3) is 0 Å². The van der Waals surface area contributed by atoms with Crippen LogP contribution in [-0.2, 0) is 26.0 Å². The maximum absolute atomic E-state index is 12.0. The van der Waals surface area contributed by atoms with Gasteiger partial charge in [-0.05, 0) is 50.8 Å². The number of carbonyl (C=O) groups excluding carboxylic acids is 1. The number of hydrogen-bond donors (Lipinski definition) is 2. The highest BCUT2D eigenvalue weighted by atomic mass is 32.2. The molecule has 0 radical (unpaired) electrons. The Morgan fingerprint density at radius 3 is 2.58 bits per heavy atom. The smallest absolute Gasteiger partial charge is 0.240 e. The average Bonchev–Trinajstić information content (AvgIpc) is 3.03. The molecule has 2 N–H and O–H groups in total. The first-order valence-corrected chi connectivity index (χ1v) is 9.85. The van der Waals surface area contributed by atoms with Crippen LogP contribution in [0.15, 0.2) is 29.2 Å². The van der Waals surface area contributed by atoms with E-state index in [1.807, 2.05) is 0 Å². The molecule has 1 fully saturated rings. The highest BCUT2D eigenvalue weighted by Gasteiger charge is 2.17. The van der Waals surface area contributed by atoms with Crippen LogP contribution in [0.5, 0.6) is 0 Å². The fourth-order valence-corrected chi connectivity index (χ4v) is 3.84. The molecule has 6 nitrogen and oxygen atoms in total. The molecule has 1 heterocycles. The second-order valence-electron chi connectivity index (χ2n) is 6.36. The van der Waals surface area contributed by atoms with Gasteiger partial charge in [0.1, 0.15) is 0 Å². The quantitative estimate of drug-likeness (QED) is 0.743. The predicted octanol–water partition coefficient (Wildman–Crippen LogP) is 1.60. The van der Waals surface area contributed by atoms with Crippen LogP contribution in [-0.4, -0.2) is 39.6 Å². The molecule has 134 valence electrons. The lowest BCUT2D eigenvalue weighted by Gasteiger charge is -2.11. The molecule has 24 heavy (non-hydrogen) atoms. The minimum absolute atomic E-state index is 0.0105. The first-order chi connectivity index (χ1) is 11.4. The third-order valence-electron chi connectivity index (χ3n) is 3.82. The van der Waals surface area contributed by atoms with Gasteiger partial charge in [0.15, 0.2) is 0 Å². The summed E-state index contributed by atoms with van der Waals surface area (Å²) in [5, 5.41) is 2.88. The zero-order chi connectivity index (χ0) is 17.6. The van der Waals surface area contributed by atoms with Gasteiger partial charge in [0.05, 0.1) is 11.0 Å². The summed E-state index contributed by atoms with van der Waals surface area (Å²) < 4.78 is 32.1. The molecule has 1 saturated heterocycles. The van der Waals surface area contributed by atoms with Gasteiger partial charge in [-0.1, -0.05) is 12.1 Å². The van der Waals surface area contributed by atoms with Gasteiger partial charge in [0.25, 0.3) is 0 Å². The Bertz CT molecular complexity index is 635. The Labute approximate surface area is 144 Å². The first kappa shape index (κ1) is 18.9. The van der Waals surface area contributed by atoms with E-state index in [1.54, 1.807) is 38.1 Å². The van der Waals surface area contributed by atoms with Gasteiger partial charge in [-0.15, -0.1) is 0 Å². The van der Waals surface area contributed by atoms with E-state index in [0.29, 0.717) is 19.4 Å². The van der Waals surface area contributed by atoms with Crippen molar-refractivity contribution in [1.29, 1.82) is 0 Å². The van der Waals surface area contributed by atoms with E-state index < -0.39 is 10.0 Å². The minimum Gasteiger partial charge on any atom is -0.376 e. The van der Waals surface area contributed by atoms with Gasteiger partial charge in [-0.3, -0.25) is 4.79 Å². The molecule has 1 amide bonds. The summed E-state index contributed by atoms with van der Waals surface area (Å²) >= 11 is 0. The maximum Gasteiger partial charge on any atom is 0.240 e. The van der Waals surface area contributed by atoms with Gasteiger partial charge >= 0.3 is 0 Å². The molecule has 1 aromatic rings. The normalized spacial score (nSPS) is 18.0. The van der Waals surface area contributed by atoms with Crippen LogP contribution in [0.1, 0.15) is 38.7 Å². The van der Waals surface area contributed by atoms with E-state index in [9.17, 15) is 13.2 Å². The van der Waals surface area contributed by atoms with E-state index in [1.165, 1.54) is 0 Å². The third kappa shape index (κ3) is 5.89. The lowest BCUT2D eigenvalue weighted by molar-refractivity contribution is -0.121. The Morgan fingerprint density at radius 1 is 1.29 bits per heavy atom. The summed E-state index contributed by atoms with van der Waals surface area (Å²) in [5.41, 5.74) is 0.936. The molecule has 7 heteroatoms. The fraction of sp³-hybridized carbons (Fsp3) is 0.588. The summed E-state index contributed by atoms with van der Waals surface area (Å²) in [6.07, 6.45) is 3.16. The molecule has 1 aromatic carbocycles. The molecule has 0 aliphatic carbocycles. The van der Waals surface area contributed by atoms with Gasteiger partial charge in [0, 0.05) is 25.6 Å². The van der Waals surface area contributed by atoms with E-state index in [2.05, 4.69) is 10.0 Å².